The third-order valence-corrected chi connectivity index (χ3v) is 3.00. The number of nitro groups is 1. The first-order chi connectivity index (χ1) is 10.6. The van der Waals surface area contributed by atoms with Crippen molar-refractivity contribution in [2.24, 2.45) is 5.11 Å². The molecule has 0 aliphatic heterocycles. The second-order valence-corrected chi connectivity index (χ2v) is 4.48. The van der Waals surface area contributed by atoms with Crippen molar-refractivity contribution in [3.63, 3.8) is 0 Å². The Morgan fingerprint density at radius 1 is 1.27 bits per heavy atom. The molecule has 0 aromatic heterocycles. The first kappa shape index (κ1) is 15.3. The molecule has 2 aromatic carbocycles. The number of aliphatic hydroxyl groups is 1. The molecule has 0 saturated heterocycles. The fraction of sp³-hybridized carbons (Fsp3) is 0.143. The fourth-order valence-corrected chi connectivity index (χ4v) is 1.97. The van der Waals surface area contributed by atoms with E-state index in [9.17, 15) is 10.1 Å². The van der Waals surface area contributed by atoms with Gasteiger partial charge < -0.3 is 10.4 Å². The SMILES string of the molecule is [N-]=[N+]=Nc1ccc(NCc2cccc(CO)c2)c([N+](=O)[O-])c1. The van der Waals surface area contributed by atoms with E-state index in [0.29, 0.717) is 12.2 Å². The molecule has 0 unspecified atom stereocenters. The Kier molecular flexibility index (Phi) is 4.92. The summed E-state index contributed by atoms with van der Waals surface area (Å²) < 4.78 is 0. The standard InChI is InChI=1S/C14H13N5O3/c15-18-17-12-4-5-13(14(7-12)19(21)22)16-8-10-2-1-3-11(6-10)9-20/h1-7,16,20H,8-9H2. The minimum Gasteiger partial charge on any atom is -0.392 e. The summed E-state index contributed by atoms with van der Waals surface area (Å²) in [4.78, 5) is 13.2. The van der Waals surface area contributed by atoms with Gasteiger partial charge in [0.25, 0.3) is 5.69 Å². The zero-order valence-electron chi connectivity index (χ0n) is 11.5. The van der Waals surface area contributed by atoms with Crippen molar-refractivity contribution in [1.82, 2.24) is 0 Å². The largest absolute Gasteiger partial charge is 0.392 e. The van der Waals surface area contributed by atoms with Crippen molar-refractivity contribution < 1.29 is 10.0 Å². The van der Waals surface area contributed by atoms with E-state index in [1.807, 2.05) is 18.2 Å². The number of aliphatic hydroxyl groups excluding tert-OH is 1. The maximum atomic E-state index is 11.1. The van der Waals surface area contributed by atoms with Gasteiger partial charge >= 0.3 is 0 Å². The van der Waals surface area contributed by atoms with Crippen LogP contribution in [0.1, 0.15) is 11.1 Å². The third-order valence-electron chi connectivity index (χ3n) is 3.00. The molecule has 0 aliphatic carbocycles. The summed E-state index contributed by atoms with van der Waals surface area (Å²) in [5.41, 5.74) is 10.4. The molecule has 0 amide bonds. The van der Waals surface area contributed by atoms with Crippen LogP contribution in [0.4, 0.5) is 17.1 Å². The van der Waals surface area contributed by atoms with E-state index in [0.717, 1.165) is 11.1 Å². The summed E-state index contributed by atoms with van der Waals surface area (Å²) in [6.45, 7) is 0.310. The van der Waals surface area contributed by atoms with E-state index < -0.39 is 4.92 Å². The number of rotatable bonds is 6. The van der Waals surface area contributed by atoms with Crippen LogP contribution in [0.25, 0.3) is 10.4 Å². The zero-order valence-corrected chi connectivity index (χ0v) is 11.5. The van der Waals surface area contributed by atoms with E-state index >= 15 is 0 Å². The summed E-state index contributed by atoms with van der Waals surface area (Å²) >= 11 is 0. The van der Waals surface area contributed by atoms with E-state index in [-0.39, 0.29) is 18.0 Å². The molecule has 22 heavy (non-hydrogen) atoms. The predicted molar refractivity (Wildman–Crippen MR) is 81.6 cm³/mol. The first-order valence-electron chi connectivity index (χ1n) is 6.40. The summed E-state index contributed by atoms with van der Waals surface area (Å²) in [5.74, 6) is 0. The smallest absolute Gasteiger partial charge is 0.292 e. The van der Waals surface area contributed by atoms with Gasteiger partial charge in [0.15, 0.2) is 0 Å². The van der Waals surface area contributed by atoms with Crippen LogP contribution in [-0.4, -0.2) is 10.0 Å². The molecular formula is C14H13N5O3. The lowest BCUT2D eigenvalue weighted by molar-refractivity contribution is -0.383. The first-order valence-corrected chi connectivity index (χ1v) is 6.40. The Hall–Kier alpha value is -3.09. The molecule has 0 radical (unpaired) electrons. The van der Waals surface area contributed by atoms with Crippen LogP contribution in [0.3, 0.4) is 0 Å². The number of nitrogens with one attached hydrogen (secondary N) is 1. The average molecular weight is 299 g/mol. The highest BCUT2D eigenvalue weighted by Crippen LogP contribution is 2.29. The van der Waals surface area contributed by atoms with Crippen LogP contribution >= 0.6 is 0 Å². The Balaban J connectivity index is 2.21. The fourth-order valence-electron chi connectivity index (χ4n) is 1.97. The van der Waals surface area contributed by atoms with Gasteiger partial charge in [-0.2, -0.15) is 0 Å². The van der Waals surface area contributed by atoms with Crippen LogP contribution in [0, 0.1) is 10.1 Å². The van der Waals surface area contributed by atoms with Gasteiger partial charge in [-0.3, -0.25) is 10.1 Å². The van der Waals surface area contributed by atoms with Crippen molar-refractivity contribution in [2.75, 3.05) is 5.32 Å². The molecule has 2 aromatic rings. The highest BCUT2D eigenvalue weighted by atomic mass is 16.6. The number of benzene rings is 2. The normalized spacial score (nSPS) is 9.86. The van der Waals surface area contributed by atoms with Crippen LogP contribution in [0.15, 0.2) is 47.6 Å². The Morgan fingerprint density at radius 3 is 2.73 bits per heavy atom. The van der Waals surface area contributed by atoms with Crippen LogP contribution in [0.5, 0.6) is 0 Å². The number of hydrogen-bond acceptors (Lipinski definition) is 5. The van der Waals surface area contributed by atoms with Crippen molar-refractivity contribution in [2.45, 2.75) is 13.2 Å². The lowest BCUT2D eigenvalue weighted by Gasteiger charge is -2.08. The molecule has 2 N–H and O–H groups in total. The molecule has 2 rings (SSSR count). The minimum absolute atomic E-state index is 0.0607. The van der Waals surface area contributed by atoms with Crippen molar-refractivity contribution in [1.29, 1.82) is 0 Å². The molecular weight excluding hydrogens is 286 g/mol. The molecule has 0 spiro atoms. The van der Waals surface area contributed by atoms with Crippen molar-refractivity contribution >= 4 is 17.1 Å². The summed E-state index contributed by atoms with van der Waals surface area (Å²) in [5, 5.41) is 26.5. The summed E-state index contributed by atoms with van der Waals surface area (Å²) in [6, 6.07) is 11.5. The topological polar surface area (TPSA) is 124 Å². The predicted octanol–water partition coefficient (Wildman–Crippen LogP) is 3.64. The minimum atomic E-state index is -0.539. The maximum absolute atomic E-state index is 11.1. The maximum Gasteiger partial charge on any atom is 0.292 e. The number of nitrogens with zero attached hydrogens (tertiary/aromatic N) is 4. The van der Waals surface area contributed by atoms with Gasteiger partial charge in [-0.15, -0.1) is 0 Å². The van der Waals surface area contributed by atoms with Gasteiger partial charge in [-0.05, 0) is 22.7 Å². The van der Waals surface area contributed by atoms with Crippen molar-refractivity contribution in [3.05, 3.63) is 74.1 Å². The van der Waals surface area contributed by atoms with Gasteiger partial charge in [0.2, 0.25) is 0 Å². The summed E-state index contributed by atoms with van der Waals surface area (Å²) in [7, 11) is 0. The summed E-state index contributed by atoms with van der Waals surface area (Å²) in [6.07, 6.45) is 0. The lowest BCUT2D eigenvalue weighted by atomic mass is 10.1. The van der Waals surface area contributed by atoms with Gasteiger partial charge in [-0.1, -0.05) is 35.4 Å². The molecule has 0 fully saturated rings. The van der Waals surface area contributed by atoms with E-state index in [1.165, 1.54) is 18.2 Å². The molecule has 112 valence electrons. The van der Waals surface area contributed by atoms with E-state index in [4.69, 9.17) is 10.6 Å². The van der Waals surface area contributed by atoms with Gasteiger partial charge in [0.05, 0.1) is 11.5 Å². The molecule has 8 heteroatoms. The number of anilines is 1. The number of hydrogen-bond donors (Lipinski definition) is 2. The van der Waals surface area contributed by atoms with E-state index in [1.54, 1.807) is 6.07 Å². The second kappa shape index (κ2) is 7.07. The molecule has 0 aliphatic rings. The monoisotopic (exact) mass is 299 g/mol. The van der Waals surface area contributed by atoms with E-state index in [2.05, 4.69) is 15.3 Å². The Labute approximate surface area is 125 Å². The molecule has 0 heterocycles. The zero-order chi connectivity index (χ0) is 15.9. The Morgan fingerprint density at radius 2 is 2.05 bits per heavy atom. The van der Waals surface area contributed by atoms with Crippen molar-refractivity contribution in [3.8, 4) is 0 Å². The second-order valence-electron chi connectivity index (χ2n) is 4.48. The molecule has 0 atom stereocenters. The number of azide groups is 1. The van der Waals surface area contributed by atoms with Crippen LogP contribution < -0.4 is 5.32 Å². The van der Waals surface area contributed by atoms with Crippen LogP contribution in [0.2, 0.25) is 0 Å². The molecule has 8 nitrogen and oxygen atoms in total. The third kappa shape index (κ3) is 3.72. The quantitative estimate of drug-likeness (QED) is 0.278. The average Bonchev–Trinajstić information content (AvgIpc) is 2.54. The molecule has 0 saturated carbocycles. The molecule has 0 bridgehead atoms. The van der Waals surface area contributed by atoms with Gasteiger partial charge in [0, 0.05) is 23.2 Å². The number of nitro benzene ring substituents is 1. The van der Waals surface area contributed by atoms with Crippen LogP contribution in [-0.2, 0) is 13.2 Å². The van der Waals surface area contributed by atoms with Gasteiger partial charge in [0.1, 0.15) is 5.69 Å². The highest BCUT2D eigenvalue weighted by Gasteiger charge is 2.14. The lowest BCUT2D eigenvalue weighted by Crippen LogP contribution is -2.03. The Bertz CT molecular complexity index is 741. The highest BCUT2D eigenvalue weighted by molar-refractivity contribution is 5.66. The van der Waals surface area contributed by atoms with Gasteiger partial charge in [-0.25, -0.2) is 0 Å².